The molecule has 0 saturated carbocycles. The molecule has 0 spiro atoms. The fraction of sp³-hybridized carbons (Fsp3) is 0.455. The molecule has 0 unspecified atom stereocenters. The first-order valence-corrected chi connectivity index (χ1v) is 9.96. The van der Waals surface area contributed by atoms with Crippen molar-refractivity contribution in [1.29, 1.82) is 0 Å². The second kappa shape index (κ2) is 9.13. The third kappa shape index (κ3) is 5.60. The van der Waals surface area contributed by atoms with Gasteiger partial charge >= 0.3 is 6.03 Å². The van der Waals surface area contributed by atoms with E-state index in [9.17, 15) is 9.59 Å². The molecule has 3 amide bonds. The molecule has 1 fully saturated rings. The molecule has 1 saturated heterocycles. The van der Waals surface area contributed by atoms with Gasteiger partial charge in [0.15, 0.2) is 0 Å². The number of urea groups is 1. The van der Waals surface area contributed by atoms with Crippen molar-refractivity contribution in [3.63, 3.8) is 0 Å². The number of carbonyl (C=O) groups excluding carboxylic acids is 2. The topological polar surface area (TPSA) is 83.8 Å². The summed E-state index contributed by atoms with van der Waals surface area (Å²) in [5.74, 6) is 1.53. The second-order valence-electron chi connectivity index (χ2n) is 7.66. The first kappa shape index (κ1) is 20.9. The molecule has 1 aromatic heterocycles. The number of rotatable bonds is 5. The Kier molecular flexibility index (Phi) is 6.59. The lowest BCUT2D eigenvalue weighted by atomic mass is 10.1. The first-order valence-electron chi connectivity index (χ1n) is 9.96. The minimum atomic E-state index is -0.275. The third-order valence-electron chi connectivity index (χ3n) is 4.90. The van der Waals surface area contributed by atoms with Crippen molar-refractivity contribution in [2.24, 2.45) is 0 Å². The molecule has 1 aromatic carbocycles. The fourth-order valence-corrected chi connectivity index (χ4v) is 3.48. The van der Waals surface area contributed by atoms with Crippen molar-refractivity contribution in [2.45, 2.75) is 52.5 Å². The molecule has 7 nitrogen and oxygen atoms in total. The molecule has 0 aliphatic carbocycles. The van der Waals surface area contributed by atoms with Gasteiger partial charge in [0.2, 0.25) is 0 Å². The molecule has 1 aliphatic heterocycles. The van der Waals surface area contributed by atoms with E-state index in [4.69, 9.17) is 9.15 Å². The summed E-state index contributed by atoms with van der Waals surface area (Å²) in [5.41, 5.74) is 1.56. The third-order valence-corrected chi connectivity index (χ3v) is 4.90. The van der Waals surface area contributed by atoms with Crippen LogP contribution >= 0.6 is 0 Å². The normalized spacial score (nSPS) is 20.2. The van der Waals surface area contributed by atoms with Crippen LogP contribution in [0.3, 0.4) is 0 Å². The summed E-state index contributed by atoms with van der Waals surface area (Å²) < 4.78 is 11.2. The molecule has 0 bridgehead atoms. The fourth-order valence-electron chi connectivity index (χ4n) is 3.48. The van der Waals surface area contributed by atoms with Crippen LogP contribution in [0.2, 0.25) is 0 Å². The zero-order valence-corrected chi connectivity index (χ0v) is 17.4. The van der Waals surface area contributed by atoms with Crippen molar-refractivity contribution in [2.75, 3.05) is 13.1 Å². The van der Waals surface area contributed by atoms with E-state index in [1.807, 2.05) is 56.9 Å². The lowest BCUT2D eigenvalue weighted by Gasteiger charge is -2.35. The van der Waals surface area contributed by atoms with Gasteiger partial charge < -0.3 is 24.7 Å². The zero-order chi connectivity index (χ0) is 21.0. The number of nitrogens with zero attached hydrogens (tertiary/aromatic N) is 1. The van der Waals surface area contributed by atoms with Crippen LogP contribution in [0.5, 0.6) is 0 Å². The summed E-state index contributed by atoms with van der Waals surface area (Å²) in [4.78, 5) is 26.7. The van der Waals surface area contributed by atoms with E-state index in [0.717, 1.165) is 11.3 Å². The number of furan rings is 1. The smallest absolute Gasteiger partial charge is 0.315 e. The van der Waals surface area contributed by atoms with Crippen molar-refractivity contribution < 1.29 is 18.7 Å². The molecule has 3 atom stereocenters. The second-order valence-corrected chi connectivity index (χ2v) is 7.66. The van der Waals surface area contributed by atoms with E-state index in [0.29, 0.717) is 31.0 Å². The van der Waals surface area contributed by atoms with Crippen LogP contribution in [0.4, 0.5) is 4.79 Å². The van der Waals surface area contributed by atoms with Crippen LogP contribution in [-0.4, -0.2) is 42.1 Å². The van der Waals surface area contributed by atoms with E-state index < -0.39 is 0 Å². The standard InChI is InChI=1S/C22H29N3O4/c1-14-5-10-20(29-14)17(4)24-22(27)23-11-18-6-8-19(9-7-18)21(26)25-12-15(2)28-16(3)13-25/h5-10,15-17H,11-13H2,1-4H3,(H2,23,24,27)/t15-,16+,17-/m1/s1. The molecule has 2 aromatic rings. The van der Waals surface area contributed by atoms with Crippen molar-refractivity contribution in [1.82, 2.24) is 15.5 Å². The van der Waals surface area contributed by atoms with Gasteiger partial charge in [0.05, 0.1) is 18.2 Å². The van der Waals surface area contributed by atoms with Crippen LogP contribution < -0.4 is 10.6 Å². The van der Waals surface area contributed by atoms with Crippen molar-refractivity contribution >= 4 is 11.9 Å². The Morgan fingerprint density at radius 2 is 1.76 bits per heavy atom. The molecule has 156 valence electrons. The number of amides is 3. The van der Waals surface area contributed by atoms with Crippen LogP contribution in [0.15, 0.2) is 40.8 Å². The van der Waals surface area contributed by atoms with E-state index >= 15 is 0 Å². The van der Waals surface area contributed by atoms with Gasteiger partial charge in [-0.05, 0) is 57.5 Å². The van der Waals surface area contributed by atoms with Crippen LogP contribution in [-0.2, 0) is 11.3 Å². The van der Waals surface area contributed by atoms with Gasteiger partial charge in [0.1, 0.15) is 11.5 Å². The highest BCUT2D eigenvalue weighted by molar-refractivity contribution is 5.94. The summed E-state index contributed by atoms with van der Waals surface area (Å²) in [7, 11) is 0. The number of benzene rings is 1. The van der Waals surface area contributed by atoms with Gasteiger partial charge in [-0.25, -0.2) is 4.79 Å². The Balaban J connectivity index is 1.50. The number of aryl methyl sites for hydroxylation is 1. The molecule has 29 heavy (non-hydrogen) atoms. The average molecular weight is 399 g/mol. The van der Waals surface area contributed by atoms with Crippen molar-refractivity contribution in [3.05, 3.63) is 59.0 Å². The van der Waals surface area contributed by atoms with Gasteiger partial charge in [-0.15, -0.1) is 0 Å². The summed E-state index contributed by atoms with van der Waals surface area (Å²) in [6, 6.07) is 10.6. The molecule has 0 radical (unpaired) electrons. The molecule has 2 heterocycles. The number of hydrogen-bond donors (Lipinski definition) is 2. The highest BCUT2D eigenvalue weighted by Crippen LogP contribution is 2.16. The molecule has 7 heteroatoms. The lowest BCUT2D eigenvalue weighted by Crippen LogP contribution is -2.48. The largest absolute Gasteiger partial charge is 0.464 e. The van der Waals surface area contributed by atoms with Crippen LogP contribution in [0, 0.1) is 6.92 Å². The first-order chi connectivity index (χ1) is 13.8. The maximum Gasteiger partial charge on any atom is 0.315 e. The summed E-state index contributed by atoms with van der Waals surface area (Å²) in [6.07, 6.45) is 0.0781. The van der Waals surface area contributed by atoms with Crippen molar-refractivity contribution in [3.8, 4) is 0 Å². The quantitative estimate of drug-likeness (QED) is 0.807. The van der Waals surface area contributed by atoms with Gasteiger partial charge in [-0.3, -0.25) is 4.79 Å². The van der Waals surface area contributed by atoms with E-state index in [2.05, 4.69) is 10.6 Å². The Bertz CT molecular complexity index is 836. The summed E-state index contributed by atoms with van der Waals surface area (Å²) in [6.45, 7) is 9.25. The number of morpholine rings is 1. The van der Waals surface area contributed by atoms with E-state index in [1.54, 1.807) is 12.1 Å². The van der Waals surface area contributed by atoms with Gasteiger partial charge in [-0.2, -0.15) is 0 Å². The number of nitrogens with one attached hydrogen (secondary N) is 2. The molecular formula is C22H29N3O4. The average Bonchev–Trinajstić information content (AvgIpc) is 3.12. The maximum atomic E-state index is 12.7. The monoisotopic (exact) mass is 399 g/mol. The number of carbonyl (C=O) groups is 2. The van der Waals surface area contributed by atoms with Gasteiger partial charge in [-0.1, -0.05) is 12.1 Å². The van der Waals surface area contributed by atoms with Gasteiger partial charge in [0, 0.05) is 25.2 Å². The highest BCUT2D eigenvalue weighted by atomic mass is 16.5. The summed E-state index contributed by atoms with van der Waals surface area (Å²) >= 11 is 0. The predicted molar refractivity (Wildman–Crippen MR) is 110 cm³/mol. The van der Waals surface area contributed by atoms with Crippen LogP contribution in [0.25, 0.3) is 0 Å². The minimum absolute atomic E-state index is 0.00631. The maximum absolute atomic E-state index is 12.7. The molecular weight excluding hydrogens is 370 g/mol. The Morgan fingerprint density at radius 3 is 2.34 bits per heavy atom. The molecule has 2 N–H and O–H groups in total. The SMILES string of the molecule is Cc1ccc([C@@H](C)NC(=O)NCc2ccc(C(=O)N3C[C@@H](C)O[C@@H](C)C3)cc2)o1. The van der Waals surface area contributed by atoms with E-state index in [1.165, 1.54) is 0 Å². The minimum Gasteiger partial charge on any atom is -0.464 e. The molecule has 3 rings (SSSR count). The highest BCUT2D eigenvalue weighted by Gasteiger charge is 2.26. The summed E-state index contributed by atoms with van der Waals surface area (Å²) in [5, 5.41) is 5.67. The molecule has 1 aliphatic rings. The lowest BCUT2D eigenvalue weighted by molar-refractivity contribution is -0.0586. The Labute approximate surface area is 171 Å². The number of hydrogen-bond acceptors (Lipinski definition) is 4. The van der Waals surface area contributed by atoms with Gasteiger partial charge in [0.25, 0.3) is 5.91 Å². The van der Waals surface area contributed by atoms with Crippen LogP contribution in [0.1, 0.15) is 54.3 Å². The zero-order valence-electron chi connectivity index (χ0n) is 17.4. The number of ether oxygens (including phenoxy) is 1. The Morgan fingerprint density at radius 1 is 1.10 bits per heavy atom. The van der Waals surface area contributed by atoms with E-state index in [-0.39, 0.29) is 30.2 Å². The predicted octanol–water partition coefficient (Wildman–Crippen LogP) is 3.40. The Hall–Kier alpha value is -2.80.